The number of benzene rings is 8. The fraction of sp³-hybridized carbons (Fsp3) is 0.183. The number of nitrogens with zero attached hydrogens (tertiary/aromatic N) is 4. The van der Waals surface area contributed by atoms with Gasteiger partial charge in [-0.1, -0.05) is 243 Å². The first kappa shape index (κ1) is 48.6. The van der Waals surface area contributed by atoms with Crippen LogP contribution in [0.2, 0.25) is 0 Å². The predicted molar refractivity (Wildman–Crippen MR) is 291 cm³/mol. The second-order valence-electron chi connectivity index (χ2n) is 18.9. The number of rotatable bonds is 12. The van der Waals surface area contributed by atoms with Gasteiger partial charge in [-0.05, 0) is 0 Å². The van der Waals surface area contributed by atoms with Crippen molar-refractivity contribution in [1.82, 2.24) is 9.80 Å². The largest absolute Gasteiger partial charge is 0.349 e. The molecule has 0 aromatic heterocycles. The Morgan fingerprint density at radius 1 is 0.364 bits per heavy atom. The van der Waals surface area contributed by atoms with Gasteiger partial charge in [0.05, 0.1) is 69.5 Å². The smallest absolute Gasteiger partial charge is 0.331 e. The second-order valence-corrected chi connectivity index (χ2v) is 18.9. The third-order valence-electron chi connectivity index (χ3n) is 12.9. The molecule has 4 nitrogen and oxygen atoms in total. The van der Waals surface area contributed by atoms with E-state index in [2.05, 4.69) is 313 Å². The molecule has 0 aliphatic rings. The van der Waals surface area contributed by atoms with E-state index >= 15 is 0 Å². The zero-order valence-electron chi connectivity index (χ0n) is 40.7. The Kier molecular flexibility index (Phi) is 17.2. The molecule has 0 saturated carbocycles. The Labute approximate surface area is 397 Å². The van der Waals surface area contributed by atoms with Crippen molar-refractivity contribution < 1.29 is 9.06 Å². The Balaban J connectivity index is 0.000000169. The Morgan fingerprint density at radius 2 is 0.561 bits per heavy atom. The summed E-state index contributed by atoms with van der Waals surface area (Å²) in [6.07, 6.45) is -1.22. The van der Waals surface area contributed by atoms with Crippen molar-refractivity contribution in [3.63, 3.8) is 0 Å². The molecule has 0 amide bonds. The van der Waals surface area contributed by atoms with Gasteiger partial charge < -0.3 is 4.48 Å². The Morgan fingerprint density at radius 3 is 0.712 bits per heavy atom. The van der Waals surface area contributed by atoms with E-state index in [1.165, 1.54) is 62.6 Å². The highest BCUT2D eigenvalue weighted by Gasteiger charge is 2.32. The summed E-state index contributed by atoms with van der Waals surface area (Å²) in [6.45, 7) is 2.31. The summed E-state index contributed by atoms with van der Waals surface area (Å²) in [5.41, 5.74) is 10.7. The number of hydrogen-bond acceptors (Lipinski definition) is 0. The van der Waals surface area contributed by atoms with E-state index < -0.39 is 12.3 Å². The molecular formula is C60H70B2N4. The summed E-state index contributed by atoms with van der Waals surface area (Å²) in [7, 11) is 17.2. The van der Waals surface area contributed by atoms with Crippen LogP contribution in [-0.4, -0.2) is 107 Å². The highest BCUT2D eigenvalue weighted by molar-refractivity contribution is 7.20. The van der Waals surface area contributed by atoms with Crippen molar-refractivity contribution in [3.05, 3.63) is 243 Å². The zero-order valence-corrected chi connectivity index (χ0v) is 40.7. The van der Waals surface area contributed by atoms with Gasteiger partial charge in [-0.25, -0.2) is 0 Å². The molecule has 0 N–H and O–H groups in total. The minimum Gasteiger partial charge on any atom is -0.331 e. The van der Waals surface area contributed by atoms with E-state index in [9.17, 15) is 0 Å². The van der Waals surface area contributed by atoms with Crippen LogP contribution in [0.1, 0.15) is 6.42 Å². The van der Waals surface area contributed by atoms with Crippen molar-refractivity contribution in [2.45, 2.75) is 6.42 Å². The molecule has 0 heterocycles. The molecule has 0 aliphatic carbocycles. The lowest BCUT2D eigenvalue weighted by Crippen LogP contribution is -2.74. The zero-order chi connectivity index (χ0) is 46.8. The van der Waals surface area contributed by atoms with Gasteiger partial charge in [-0.3, -0.25) is 14.4 Å². The van der Waals surface area contributed by atoms with E-state index in [4.69, 9.17) is 0 Å². The Bertz CT molecular complexity index is 2130. The minimum absolute atomic E-state index is 1.03. The monoisotopic (exact) mass is 869 g/mol. The maximum absolute atomic E-state index is 2.32. The predicted octanol–water partition coefficient (Wildman–Crippen LogP) is 6.33. The topological polar surface area (TPSA) is 9.49 Å². The van der Waals surface area contributed by atoms with Crippen molar-refractivity contribution in [3.8, 4) is 0 Å². The maximum atomic E-state index is 2.32. The first-order chi connectivity index (χ1) is 32.0. The SMILES string of the molecule is CN(C)C(N(C)CCC[N+](C)(C)C)=[N+](C)C.c1ccc([B-](c2ccccc2)(c2ccccc2)c2ccccc2)cc1.c1ccc([B-](c2ccccc2)(c2ccccc2)c2ccccc2)cc1. The molecule has 8 rings (SSSR count). The third-order valence-corrected chi connectivity index (χ3v) is 12.9. The molecule has 0 spiro atoms. The first-order valence-corrected chi connectivity index (χ1v) is 23.5. The molecule has 0 atom stereocenters. The van der Waals surface area contributed by atoms with Gasteiger partial charge in [0, 0.05) is 6.42 Å². The third kappa shape index (κ3) is 11.7. The molecule has 6 heteroatoms. The number of quaternary nitrogens is 1. The van der Waals surface area contributed by atoms with Crippen molar-refractivity contribution in [2.24, 2.45) is 0 Å². The summed E-state index contributed by atoms with van der Waals surface area (Å²) in [4.78, 5) is 4.47. The van der Waals surface area contributed by atoms with Crippen LogP contribution in [0.25, 0.3) is 0 Å². The van der Waals surface area contributed by atoms with Crippen LogP contribution in [0.4, 0.5) is 0 Å². The summed E-state index contributed by atoms with van der Waals surface area (Å²) in [5.74, 6) is 1.25. The van der Waals surface area contributed by atoms with Gasteiger partial charge in [-0.15, -0.1) is 0 Å². The molecule has 0 radical (unpaired) electrons. The summed E-state index contributed by atoms with van der Waals surface area (Å²) >= 11 is 0. The second kappa shape index (κ2) is 23.3. The molecule has 0 saturated heterocycles. The van der Waals surface area contributed by atoms with Crippen LogP contribution in [0.3, 0.4) is 0 Å². The normalized spacial score (nSPS) is 11.2. The van der Waals surface area contributed by atoms with E-state index in [1.54, 1.807) is 0 Å². The average Bonchev–Trinajstić information content (AvgIpc) is 3.35. The summed E-state index contributed by atoms with van der Waals surface area (Å²) < 4.78 is 3.19. The lowest BCUT2D eigenvalue weighted by Gasteiger charge is -2.44. The lowest BCUT2D eigenvalue weighted by molar-refractivity contribution is -0.870. The minimum atomic E-state index is -1.22. The fourth-order valence-corrected chi connectivity index (χ4v) is 10.2. The molecule has 8 aromatic rings. The molecule has 0 fully saturated rings. The first-order valence-electron chi connectivity index (χ1n) is 23.5. The van der Waals surface area contributed by atoms with Gasteiger partial charge >= 0.3 is 5.96 Å². The lowest BCUT2D eigenvalue weighted by atomic mass is 9.13. The van der Waals surface area contributed by atoms with Gasteiger partial charge in [-0.2, -0.15) is 43.7 Å². The van der Waals surface area contributed by atoms with Gasteiger partial charge in [0.1, 0.15) is 12.3 Å². The van der Waals surface area contributed by atoms with Crippen molar-refractivity contribution in [1.29, 1.82) is 0 Å². The van der Waals surface area contributed by atoms with Gasteiger partial charge in [0.25, 0.3) is 0 Å². The van der Waals surface area contributed by atoms with Crippen LogP contribution in [-0.2, 0) is 0 Å². The van der Waals surface area contributed by atoms with Gasteiger partial charge in [0.2, 0.25) is 0 Å². The van der Waals surface area contributed by atoms with Crippen molar-refractivity contribution >= 4 is 62.0 Å². The maximum Gasteiger partial charge on any atom is 0.349 e. The molecule has 0 unspecified atom stereocenters. The van der Waals surface area contributed by atoms with Crippen LogP contribution >= 0.6 is 0 Å². The Hall–Kier alpha value is -6.88. The summed E-state index contributed by atoms with van der Waals surface area (Å²) in [5, 5.41) is 0. The molecule has 336 valence electrons. The van der Waals surface area contributed by atoms with Gasteiger partial charge in [0.15, 0.2) is 0 Å². The highest BCUT2D eigenvalue weighted by atomic mass is 15.4. The van der Waals surface area contributed by atoms with E-state index in [0.717, 1.165) is 11.0 Å². The van der Waals surface area contributed by atoms with E-state index in [-0.39, 0.29) is 0 Å². The fourth-order valence-electron chi connectivity index (χ4n) is 10.2. The molecule has 0 aliphatic heterocycles. The molecule has 8 aromatic carbocycles. The summed E-state index contributed by atoms with van der Waals surface area (Å²) in [6, 6.07) is 87.1. The van der Waals surface area contributed by atoms with Crippen LogP contribution in [0.15, 0.2) is 243 Å². The van der Waals surface area contributed by atoms with Crippen LogP contribution in [0.5, 0.6) is 0 Å². The van der Waals surface area contributed by atoms with E-state index in [1.807, 2.05) is 0 Å². The quantitative estimate of drug-likeness (QED) is 0.0468. The molecular weight excluding hydrogens is 798 g/mol. The highest BCUT2D eigenvalue weighted by Crippen LogP contribution is 2.11. The van der Waals surface area contributed by atoms with Crippen LogP contribution < -0.4 is 43.7 Å². The van der Waals surface area contributed by atoms with Crippen LogP contribution in [0, 0.1) is 0 Å². The number of guanidine groups is 1. The number of hydrogen-bond donors (Lipinski definition) is 0. The van der Waals surface area contributed by atoms with Crippen molar-refractivity contribution in [2.75, 3.05) is 69.5 Å². The standard InChI is InChI=1S/2C24H20B.C12H30N4/c2*1-5-13-21(14-6-1)25(22-15-7-2-8-16-22,23-17-9-3-10-18-23)24-19-11-4-12-20-24;1-13(2)12(14(3)4)15(5)10-9-11-16(6,7)8/h2*1-20H;9-11H2,1-8H3/q2*-1;+2. The molecule has 0 bridgehead atoms. The molecule has 66 heavy (non-hydrogen) atoms. The van der Waals surface area contributed by atoms with E-state index in [0.29, 0.717) is 0 Å². The average molecular weight is 869 g/mol.